The maximum atomic E-state index is 11.2. The fourth-order valence-corrected chi connectivity index (χ4v) is 1.99. The molecule has 0 aromatic carbocycles. The minimum absolute atomic E-state index is 0.611. The lowest BCUT2D eigenvalue weighted by Gasteiger charge is -2.41. The van der Waals surface area contributed by atoms with Crippen LogP contribution < -0.4 is 0 Å². The molecule has 8 nitrogen and oxygen atoms in total. The monoisotopic (exact) mass is 290 g/mol. The normalized spacial score (nSPS) is 33.1. The van der Waals surface area contributed by atoms with Gasteiger partial charge in [0.2, 0.25) is 0 Å². The molecule has 0 aromatic rings. The van der Waals surface area contributed by atoms with Crippen LogP contribution in [0, 0.1) is 0 Å². The zero-order valence-electron chi connectivity index (χ0n) is 11.7. The second-order valence-electron chi connectivity index (χ2n) is 4.45. The first-order valence-corrected chi connectivity index (χ1v) is 6.07. The standard InChI is InChI=1S/C12H18O8/c1-5-9(18-6(2)13)10(19-7(3)14)11(12(16)17-5)20-8(4)15/h5,9-12,16H,1-4H3/t5-,9-,10-,11+,12-/m0/s1. The van der Waals surface area contributed by atoms with Crippen LogP contribution in [0.15, 0.2) is 0 Å². The van der Waals surface area contributed by atoms with Crippen molar-refractivity contribution in [1.29, 1.82) is 0 Å². The summed E-state index contributed by atoms with van der Waals surface area (Å²) in [6.45, 7) is 5.01. The molecule has 114 valence electrons. The third-order valence-corrected chi connectivity index (χ3v) is 2.65. The van der Waals surface area contributed by atoms with Gasteiger partial charge in [-0.3, -0.25) is 14.4 Å². The Bertz CT molecular complexity index is 365. The minimum atomic E-state index is -1.48. The molecule has 8 heteroatoms. The Balaban J connectivity index is 3.01. The number of ether oxygens (including phenoxy) is 4. The molecule has 0 radical (unpaired) electrons. The zero-order chi connectivity index (χ0) is 15.4. The number of aliphatic hydroxyl groups excluding tert-OH is 1. The molecular formula is C12H18O8. The average Bonchev–Trinajstić information content (AvgIpc) is 2.27. The lowest BCUT2D eigenvalue weighted by atomic mass is 9.99. The van der Waals surface area contributed by atoms with E-state index in [1.807, 2.05) is 0 Å². The molecule has 0 saturated carbocycles. The summed E-state index contributed by atoms with van der Waals surface area (Å²) in [7, 11) is 0. The molecule has 5 atom stereocenters. The lowest BCUT2D eigenvalue weighted by molar-refractivity contribution is -0.288. The maximum Gasteiger partial charge on any atom is 0.303 e. The van der Waals surface area contributed by atoms with Gasteiger partial charge in [-0.2, -0.15) is 0 Å². The van der Waals surface area contributed by atoms with Gasteiger partial charge in [0.05, 0.1) is 6.10 Å². The fraction of sp³-hybridized carbons (Fsp3) is 0.750. The van der Waals surface area contributed by atoms with Gasteiger partial charge in [-0.05, 0) is 6.92 Å². The fourth-order valence-electron chi connectivity index (χ4n) is 1.99. The maximum absolute atomic E-state index is 11.2. The Hall–Kier alpha value is -1.67. The van der Waals surface area contributed by atoms with Crippen LogP contribution in [0.3, 0.4) is 0 Å². The van der Waals surface area contributed by atoms with Gasteiger partial charge in [0, 0.05) is 20.8 Å². The van der Waals surface area contributed by atoms with Crippen LogP contribution in [-0.4, -0.2) is 53.7 Å². The van der Waals surface area contributed by atoms with E-state index in [0.29, 0.717) is 0 Å². The van der Waals surface area contributed by atoms with Gasteiger partial charge in [0.25, 0.3) is 0 Å². The topological polar surface area (TPSA) is 108 Å². The van der Waals surface area contributed by atoms with Crippen LogP contribution in [0.2, 0.25) is 0 Å². The van der Waals surface area contributed by atoms with Crippen molar-refractivity contribution in [1.82, 2.24) is 0 Å². The molecule has 1 aliphatic heterocycles. The van der Waals surface area contributed by atoms with E-state index in [1.165, 1.54) is 13.8 Å². The largest absolute Gasteiger partial charge is 0.456 e. The number of carbonyl (C=O) groups is 3. The number of carbonyl (C=O) groups excluding carboxylic acids is 3. The Kier molecular flexibility index (Phi) is 5.46. The van der Waals surface area contributed by atoms with Gasteiger partial charge in [0.1, 0.15) is 0 Å². The van der Waals surface area contributed by atoms with E-state index in [9.17, 15) is 19.5 Å². The summed E-state index contributed by atoms with van der Waals surface area (Å²) >= 11 is 0. The van der Waals surface area contributed by atoms with Crippen molar-refractivity contribution < 1.29 is 38.4 Å². The molecule has 0 aliphatic carbocycles. The van der Waals surface area contributed by atoms with E-state index >= 15 is 0 Å². The summed E-state index contributed by atoms with van der Waals surface area (Å²) in [6.07, 6.45) is -5.60. The summed E-state index contributed by atoms with van der Waals surface area (Å²) in [5.41, 5.74) is 0. The molecule has 0 amide bonds. The highest BCUT2D eigenvalue weighted by atomic mass is 16.7. The smallest absolute Gasteiger partial charge is 0.303 e. The van der Waals surface area contributed by atoms with Gasteiger partial charge < -0.3 is 24.1 Å². The predicted molar refractivity (Wildman–Crippen MR) is 63.2 cm³/mol. The molecule has 0 aromatic heterocycles. The molecule has 20 heavy (non-hydrogen) atoms. The van der Waals surface area contributed by atoms with Gasteiger partial charge in [0.15, 0.2) is 24.6 Å². The number of rotatable bonds is 3. The quantitative estimate of drug-likeness (QED) is 0.548. The molecule has 1 fully saturated rings. The van der Waals surface area contributed by atoms with Crippen LogP contribution in [0.1, 0.15) is 27.7 Å². The summed E-state index contributed by atoms with van der Waals surface area (Å²) < 4.78 is 20.1. The Labute approximate surface area is 115 Å². The zero-order valence-corrected chi connectivity index (χ0v) is 11.7. The Morgan fingerprint density at radius 2 is 1.25 bits per heavy atom. The van der Waals surface area contributed by atoms with E-state index in [2.05, 4.69) is 0 Å². The number of aliphatic hydroxyl groups is 1. The van der Waals surface area contributed by atoms with Crippen molar-refractivity contribution in [3.63, 3.8) is 0 Å². The number of esters is 3. The molecule has 1 rings (SSSR count). The van der Waals surface area contributed by atoms with Crippen LogP contribution >= 0.6 is 0 Å². The summed E-state index contributed by atoms with van der Waals surface area (Å²) in [6, 6.07) is 0. The van der Waals surface area contributed by atoms with E-state index in [1.54, 1.807) is 0 Å². The summed E-state index contributed by atoms with van der Waals surface area (Å²) in [4.78, 5) is 33.3. The molecule has 1 saturated heterocycles. The number of hydrogen-bond acceptors (Lipinski definition) is 8. The molecule has 1 heterocycles. The molecule has 0 bridgehead atoms. The van der Waals surface area contributed by atoms with Crippen LogP contribution in [0.25, 0.3) is 0 Å². The third-order valence-electron chi connectivity index (χ3n) is 2.65. The van der Waals surface area contributed by atoms with Gasteiger partial charge in [-0.1, -0.05) is 0 Å². The molecular weight excluding hydrogens is 272 g/mol. The van der Waals surface area contributed by atoms with Crippen LogP contribution in [0.4, 0.5) is 0 Å². The van der Waals surface area contributed by atoms with Crippen molar-refractivity contribution >= 4 is 17.9 Å². The van der Waals surface area contributed by atoms with Gasteiger partial charge in [-0.25, -0.2) is 0 Å². The third kappa shape index (κ3) is 4.17. The minimum Gasteiger partial charge on any atom is -0.456 e. The van der Waals surface area contributed by atoms with E-state index < -0.39 is 48.6 Å². The molecule has 1 N–H and O–H groups in total. The predicted octanol–water partition coefficient (Wildman–Crippen LogP) is -0.481. The van der Waals surface area contributed by atoms with E-state index in [0.717, 1.165) is 13.8 Å². The van der Waals surface area contributed by atoms with E-state index in [4.69, 9.17) is 18.9 Å². The van der Waals surface area contributed by atoms with Crippen LogP contribution in [0.5, 0.6) is 0 Å². The molecule has 0 unspecified atom stereocenters. The van der Waals surface area contributed by atoms with Crippen LogP contribution in [-0.2, 0) is 33.3 Å². The Morgan fingerprint density at radius 3 is 1.70 bits per heavy atom. The second kappa shape index (κ2) is 6.67. The van der Waals surface area contributed by atoms with Crippen molar-refractivity contribution in [2.75, 3.05) is 0 Å². The SMILES string of the molecule is CC(=O)O[C@H]1[C@@H](OC(C)=O)[C@H](C)O[C@H](O)[C@@H]1OC(C)=O. The van der Waals surface area contributed by atoms with E-state index in [-0.39, 0.29) is 0 Å². The highest BCUT2D eigenvalue weighted by Crippen LogP contribution is 2.27. The molecule has 0 spiro atoms. The summed E-state index contributed by atoms with van der Waals surface area (Å²) in [5, 5.41) is 9.79. The van der Waals surface area contributed by atoms with Crippen molar-refractivity contribution in [3.8, 4) is 0 Å². The van der Waals surface area contributed by atoms with Crippen molar-refractivity contribution in [2.24, 2.45) is 0 Å². The van der Waals surface area contributed by atoms with Crippen molar-refractivity contribution in [3.05, 3.63) is 0 Å². The molecule has 1 aliphatic rings. The summed E-state index contributed by atoms with van der Waals surface area (Å²) in [5.74, 6) is -1.96. The lowest BCUT2D eigenvalue weighted by Crippen LogP contribution is -2.60. The Morgan fingerprint density at radius 1 is 0.850 bits per heavy atom. The first-order valence-electron chi connectivity index (χ1n) is 6.07. The number of hydrogen-bond donors (Lipinski definition) is 1. The van der Waals surface area contributed by atoms with Gasteiger partial charge >= 0.3 is 17.9 Å². The highest BCUT2D eigenvalue weighted by molar-refractivity contribution is 5.68. The first kappa shape index (κ1) is 16.4. The highest BCUT2D eigenvalue weighted by Gasteiger charge is 2.49. The first-order chi connectivity index (χ1) is 9.22. The van der Waals surface area contributed by atoms with Crippen molar-refractivity contribution in [2.45, 2.75) is 58.4 Å². The second-order valence-corrected chi connectivity index (χ2v) is 4.45. The average molecular weight is 290 g/mol. The van der Waals surface area contributed by atoms with Gasteiger partial charge in [-0.15, -0.1) is 0 Å².